The molecule has 1 spiro atoms. The van der Waals surface area contributed by atoms with Gasteiger partial charge in [-0.15, -0.1) is 0 Å². The number of fused-ring (bicyclic) bond motifs is 10. The first-order valence-electron chi connectivity index (χ1n) is 7.79. The molecule has 15 heavy (non-hydrogen) atoms. The van der Waals surface area contributed by atoms with Crippen LogP contribution in [0.15, 0.2) is 0 Å². The van der Waals surface area contributed by atoms with Gasteiger partial charge in [0, 0.05) is 0 Å². The van der Waals surface area contributed by atoms with Gasteiger partial charge in [0.15, 0.2) is 0 Å². The molecular formula is C14H18V. The second-order valence-corrected chi connectivity index (χ2v) is 42.4. The van der Waals surface area contributed by atoms with E-state index in [0.29, 0.717) is 0 Å². The number of rotatable bonds is 2. The van der Waals surface area contributed by atoms with Crippen LogP contribution in [0.4, 0.5) is 0 Å². The molecule has 8 unspecified atom stereocenters. The quantitative estimate of drug-likeness (QED) is 0.638. The Hall–Kier alpha value is 0.584. The van der Waals surface area contributed by atoms with E-state index in [9.17, 15) is 0 Å². The molecule has 10 aliphatic heterocycles. The van der Waals surface area contributed by atoms with Gasteiger partial charge in [-0.25, -0.2) is 0 Å². The fourth-order valence-electron chi connectivity index (χ4n) is 24.9. The molecule has 0 nitrogen and oxygen atoms in total. The van der Waals surface area contributed by atoms with Crippen molar-refractivity contribution < 1.29 is 7.25 Å². The summed E-state index contributed by atoms with van der Waals surface area (Å²) in [6, 6.07) is 0. The van der Waals surface area contributed by atoms with E-state index >= 15 is 0 Å². The van der Waals surface area contributed by atoms with Crippen LogP contribution < -0.4 is 0 Å². The van der Waals surface area contributed by atoms with E-state index in [-0.39, 0.29) is 0 Å². The van der Waals surface area contributed by atoms with Gasteiger partial charge < -0.3 is 0 Å². The molecule has 8 atom stereocenters. The summed E-state index contributed by atoms with van der Waals surface area (Å²) in [6.07, 6.45) is 3.36. The fourth-order valence-corrected chi connectivity index (χ4v) is 135. The number of hydrogen-bond donors (Lipinski definition) is 0. The van der Waals surface area contributed by atoms with Gasteiger partial charge in [0.1, 0.15) is 0 Å². The zero-order chi connectivity index (χ0) is 9.35. The first-order chi connectivity index (χ1) is 7.05. The minimum atomic E-state index is -3.01. The van der Waals surface area contributed by atoms with E-state index < -0.39 is 7.25 Å². The predicted molar refractivity (Wildman–Crippen MR) is 56.0 cm³/mol. The Kier molecular flexibility index (Phi) is 0.141. The van der Waals surface area contributed by atoms with Crippen LogP contribution in [0.2, 0.25) is 45.3 Å². The van der Waals surface area contributed by atoms with Crippen molar-refractivity contribution in [3.8, 4) is 0 Å². The summed E-state index contributed by atoms with van der Waals surface area (Å²) >= 11 is 0. The maximum atomic E-state index is 2.61. The van der Waals surface area contributed by atoms with Gasteiger partial charge in [0.05, 0.1) is 0 Å². The fraction of sp³-hybridized carbons (Fsp3) is 1.00. The van der Waals surface area contributed by atoms with Crippen molar-refractivity contribution in [1.82, 2.24) is 0 Å². The Morgan fingerprint density at radius 2 is 1.07 bits per heavy atom. The van der Waals surface area contributed by atoms with Crippen molar-refractivity contribution in [3.05, 3.63) is 0 Å². The van der Waals surface area contributed by atoms with Gasteiger partial charge in [-0.3, -0.25) is 0 Å². The van der Waals surface area contributed by atoms with Crippen LogP contribution in [0.3, 0.4) is 0 Å². The standard InChI is InChI=1S/2C7H9.V/c2*1-2-7-5-3-4-6-7;/h2*3-6H,2H2,1H3;. The molecule has 0 saturated carbocycles. The van der Waals surface area contributed by atoms with Crippen molar-refractivity contribution in [2.45, 2.75) is 72.0 Å². The van der Waals surface area contributed by atoms with Crippen molar-refractivity contribution >= 4 is 0 Å². The Morgan fingerprint density at radius 1 is 0.733 bits per heavy atom. The third-order valence-corrected chi connectivity index (χ3v) is 76.4. The summed E-state index contributed by atoms with van der Waals surface area (Å²) in [5.41, 5.74) is 0. The first-order valence-corrected chi connectivity index (χ1v) is 15.6. The van der Waals surface area contributed by atoms with Gasteiger partial charge in [-0.2, -0.15) is 0 Å². The zero-order valence-electron chi connectivity index (χ0n) is 9.48. The summed E-state index contributed by atoms with van der Waals surface area (Å²) in [5, 5.41) is 0. The van der Waals surface area contributed by atoms with Crippen LogP contribution >= 0.6 is 0 Å². The van der Waals surface area contributed by atoms with Crippen molar-refractivity contribution in [3.63, 3.8) is 0 Å². The summed E-state index contributed by atoms with van der Waals surface area (Å²) < 4.78 is 14.8. The first kappa shape index (κ1) is 5.48. The average molecular weight is 237 g/mol. The monoisotopic (exact) mass is 237 g/mol. The average Bonchev–Trinajstić information content (AvgIpc) is 3.22. The SMILES string of the molecule is CC[C]12[CH]3[CH]4[CH]5[CH]1[V]45321678[CH]2[CH]1[CH]6[C]7(CC)[CH]28. The summed E-state index contributed by atoms with van der Waals surface area (Å²) in [5.74, 6) is 0. The maximum absolute atomic E-state index is 3.01. The Morgan fingerprint density at radius 3 is 1.20 bits per heavy atom. The third-order valence-electron chi connectivity index (χ3n) is 20.2. The normalized spacial score (nSPS) is 139. The third kappa shape index (κ3) is 0.0427. The van der Waals surface area contributed by atoms with Crippen molar-refractivity contribution in [1.29, 1.82) is 0 Å². The van der Waals surface area contributed by atoms with Crippen molar-refractivity contribution in [2.75, 3.05) is 0 Å². The molecule has 0 bridgehead atoms. The van der Waals surface area contributed by atoms with E-state index in [1.165, 1.54) is 8.25 Å². The van der Waals surface area contributed by atoms with Crippen molar-refractivity contribution in [2.24, 2.45) is 0 Å². The van der Waals surface area contributed by atoms with E-state index in [4.69, 9.17) is 0 Å². The van der Waals surface area contributed by atoms with Crippen LogP contribution in [0, 0.1) is 0 Å². The van der Waals surface area contributed by atoms with E-state index in [0.717, 1.165) is 0 Å². The molecule has 10 fully saturated rings. The molecular weight excluding hydrogens is 219 g/mol. The molecule has 10 saturated heterocycles. The molecule has 10 heterocycles. The molecule has 0 amide bonds. The van der Waals surface area contributed by atoms with E-state index in [2.05, 4.69) is 13.8 Å². The van der Waals surface area contributed by atoms with Crippen LogP contribution in [0.25, 0.3) is 0 Å². The Balaban J connectivity index is 1.88. The second-order valence-electron chi connectivity index (χ2n) is 12.8. The van der Waals surface area contributed by atoms with Gasteiger partial charge >= 0.3 is 79.2 Å². The Bertz CT molecular complexity index is 851. The van der Waals surface area contributed by atoms with Gasteiger partial charge in [-0.05, 0) is 0 Å². The number of hydrogen-bond acceptors (Lipinski definition) is 0. The Labute approximate surface area is 79.3 Å². The molecule has 0 aromatic carbocycles. The molecule has 79 valence electrons. The molecule has 0 aromatic rings. The zero-order valence-corrected chi connectivity index (χ0v) is 10.9. The topological polar surface area (TPSA) is 0 Å². The van der Waals surface area contributed by atoms with Crippen LogP contribution in [-0.2, 0) is 7.25 Å². The van der Waals surface area contributed by atoms with Crippen LogP contribution in [0.5, 0.6) is 0 Å². The molecule has 10 rings (SSSR count). The molecule has 0 radical (unpaired) electrons. The van der Waals surface area contributed by atoms with Crippen LogP contribution in [-0.4, -0.2) is 0 Å². The molecule has 0 aromatic heterocycles. The summed E-state index contributed by atoms with van der Waals surface area (Å²) in [4.78, 5) is 0. The van der Waals surface area contributed by atoms with Gasteiger partial charge in [0.2, 0.25) is 0 Å². The summed E-state index contributed by atoms with van der Waals surface area (Å²) in [6.45, 7) is 5.21. The van der Waals surface area contributed by atoms with Crippen LogP contribution in [0.1, 0.15) is 26.7 Å². The molecule has 10 aliphatic rings. The van der Waals surface area contributed by atoms with E-state index in [1.807, 2.05) is 0 Å². The van der Waals surface area contributed by atoms with E-state index in [1.54, 1.807) is 49.9 Å². The second kappa shape index (κ2) is 0.385. The van der Waals surface area contributed by atoms with Gasteiger partial charge in [-0.1, -0.05) is 0 Å². The molecule has 0 aliphatic carbocycles. The van der Waals surface area contributed by atoms with Gasteiger partial charge in [0.25, 0.3) is 0 Å². The minimum absolute atomic E-state index is 1.22. The molecule has 0 N–H and O–H groups in total. The summed E-state index contributed by atoms with van der Waals surface area (Å²) in [7, 11) is -3.01. The molecule has 1 heteroatoms. The predicted octanol–water partition coefficient (Wildman–Crippen LogP) is 4.94.